The van der Waals surface area contributed by atoms with Gasteiger partial charge in [-0.15, -0.1) is 0 Å². The van der Waals surface area contributed by atoms with Crippen molar-refractivity contribution >= 4 is 22.0 Å². The van der Waals surface area contributed by atoms with Crippen molar-refractivity contribution in [1.29, 1.82) is 0 Å². The minimum Gasteiger partial charge on any atom is -0.487 e. The standard InChI is InChI=1S/C19H14N2O3/c1-12-17(21-16-5-3-2-4-15(16)20-12)11-23-14-8-6-13-7-9-19(22)24-18(13)10-14/h2-10H,11H2,1H3. The Hall–Kier alpha value is -3.21. The molecule has 0 fully saturated rings. The summed E-state index contributed by atoms with van der Waals surface area (Å²) in [5.41, 5.74) is 3.44. The van der Waals surface area contributed by atoms with Gasteiger partial charge in [0.15, 0.2) is 0 Å². The number of nitrogens with zero attached hydrogens (tertiary/aromatic N) is 2. The number of hydrogen-bond donors (Lipinski definition) is 0. The van der Waals surface area contributed by atoms with Crippen LogP contribution in [0.2, 0.25) is 0 Å². The molecule has 4 aromatic rings. The highest BCUT2D eigenvalue weighted by molar-refractivity contribution is 5.77. The molecule has 0 aliphatic rings. The zero-order chi connectivity index (χ0) is 16.5. The predicted octanol–water partition coefficient (Wildman–Crippen LogP) is 3.62. The molecule has 0 spiro atoms. The van der Waals surface area contributed by atoms with E-state index in [2.05, 4.69) is 9.97 Å². The molecule has 118 valence electrons. The second-order valence-electron chi connectivity index (χ2n) is 5.49. The number of hydrogen-bond acceptors (Lipinski definition) is 5. The van der Waals surface area contributed by atoms with E-state index in [1.54, 1.807) is 12.1 Å². The van der Waals surface area contributed by atoms with Gasteiger partial charge in [-0.05, 0) is 37.3 Å². The van der Waals surface area contributed by atoms with Crippen molar-refractivity contribution in [2.75, 3.05) is 0 Å². The molecule has 0 saturated heterocycles. The third-order valence-electron chi connectivity index (χ3n) is 3.81. The zero-order valence-electron chi connectivity index (χ0n) is 13.0. The van der Waals surface area contributed by atoms with Crippen LogP contribution in [0.5, 0.6) is 5.75 Å². The first-order chi connectivity index (χ1) is 11.7. The summed E-state index contributed by atoms with van der Waals surface area (Å²) in [4.78, 5) is 20.5. The lowest BCUT2D eigenvalue weighted by Gasteiger charge is -2.09. The van der Waals surface area contributed by atoms with E-state index in [0.29, 0.717) is 17.9 Å². The van der Waals surface area contributed by atoms with Gasteiger partial charge in [0.2, 0.25) is 0 Å². The maximum absolute atomic E-state index is 11.3. The summed E-state index contributed by atoms with van der Waals surface area (Å²) in [5.74, 6) is 0.617. The molecule has 2 heterocycles. The first-order valence-corrected chi connectivity index (χ1v) is 7.58. The van der Waals surface area contributed by atoms with Crippen LogP contribution in [-0.4, -0.2) is 9.97 Å². The predicted molar refractivity (Wildman–Crippen MR) is 91.1 cm³/mol. The lowest BCUT2D eigenvalue weighted by atomic mass is 10.2. The van der Waals surface area contributed by atoms with Crippen molar-refractivity contribution < 1.29 is 9.15 Å². The fourth-order valence-electron chi connectivity index (χ4n) is 2.54. The third-order valence-corrected chi connectivity index (χ3v) is 3.81. The van der Waals surface area contributed by atoms with Crippen LogP contribution in [-0.2, 0) is 6.61 Å². The maximum atomic E-state index is 11.3. The first-order valence-electron chi connectivity index (χ1n) is 7.58. The molecular formula is C19H14N2O3. The van der Waals surface area contributed by atoms with E-state index < -0.39 is 0 Å². The van der Waals surface area contributed by atoms with Crippen LogP contribution >= 0.6 is 0 Å². The Morgan fingerprint density at radius 1 is 1.00 bits per heavy atom. The average Bonchev–Trinajstić information content (AvgIpc) is 2.59. The molecule has 0 bridgehead atoms. The van der Waals surface area contributed by atoms with Crippen LogP contribution in [0, 0.1) is 6.92 Å². The maximum Gasteiger partial charge on any atom is 0.336 e. The number of para-hydroxylation sites is 2. The third kappa shape index (κ3) is 2.72. The van der Waals surface area contributed by atoms with E-state index in [1.807, 2.05) is 43.3 Å². The van der Waals surface area contributed by atoms with Crippen LogP contribution < -0.4 is 10.4 Å². The topological polar surface area (TPSA) is 65.2 Å². The van der Waals surface area contributed by atoms with E-state index >= 15 is 0 Å². The molecule has 0 aliphatic heterocycles. The Balaban J connectivity index is 1.62. The van der Waals surface area contributed by atoms with Gasteiger partial charge in [-0.2, -0.15) is 0 Å². The molecule has 0 radical (unpaired) electrons. The number of aromatic nitrogens is 2. The molecule has 0 N–H and O–H groups in total. The van der Waals surface area contributed by atoms with Crippen LogP contribution in [0.15, 0.2) is 63.8 Å². The molecule has 0 saturated carbocycles. The fourth-order valence-corrected chi connectivity index (χ4v) is 2.54. The number of rotatable bonds is 3. The minimum absolute atomic E-state index is 0.298. The van der Waals surface area contributed by atoms with E-state index in [4.69, 9.17) is 9.15 Å². The molecular weight excluding hydrogens is 304 g/mol. The highest BCUT2D eigenvalue weighted by Crippen LogP contribution is 2.21. The zero-order valence-corrected chi connectivity index (χ0v) is 13.0. The van der Waals surface area contributed by atoms with Gasteiger partial charge >= 0.3 is 5.63 Å². The highest BCUT2D eigenvalue weighted by atomic mass is 16.5. The summed E-state index contributed by atoms with van der Waals surface area (Å²) in [6.07, 6.45) is 0. The molecule has 0 aliphatic carbocycles. The van der Waals surface area contributed by atoms with E-state index in [0.717, 1.165) is 27.8 Å². The normalized spacial score (nSPS) is 11.0. The Morgan fingerprint density at radius 2 is 1.75 bits per heavy atom. The van der Waals surface area contributed by atoms with Crippen molar-refractivity contribution in [3.8, 4) is 5.75 Å². The van der Waals surface area contributed by atoms with Crippen molar-refractivity contribution in [3.05, 3.63) is 76.4 Å². The first kappa shape index (κ1) is 14.4. The lowest BCUT2D eigenvalue weighted by Crippen LogP contribution is -2.03. The summed E-state index contributed by atoms with van der Waals surface area (Å²) in [7, 11) is 0. The summed E-state index contributed by atoms with van der Waals surface area (Å²) < 4.78 is 11.0. The lowest BCUT2D eigenvalue weighted by molar-refractivity contribution is 0.300. The second kappa shape index (κ2) is 5.77. The van der Waals surface area contributed by atoms with Crippen molar-refractivity contribution in [2.24, 2.45) is 0 Å². The molecule has 2 aromatic carbocycles. The van der Waals surface area contributed by atoms with Crippen molar-refractivity contribution in [3.63, 3.8) is 0 Å². The van der Waals surface area contributed by atoms with E-state index in [-0.39, 0.29) is 5.63 Å². The van der Waals surface area contributed by atoms with Gasteiger partial charge in [0.1, 0.15) is 17.9 Å². The van der Waals surface area contributed by atoms with Gasteiger partial charge in [0.25, 0.3) is 0 Å². The van der Waals surface area contributed by atoms with Crippen LogP contribution in [0.3, 0.4) is 0 Å². The van der Waals surface area contributed by atoms with Gasteiger partial charge < -0.3 is 9.15 Å². The Labute approximate surface area is 137 Å². The Morgan fingerprint density at radius 3 is 2.58 bits per heavy atom. The average molecular weight is 318 g/mol. The summed E-state index contributed by atoms with van der Waals surface area (Å²) in [6.45, 7) is 2.21. The molecule has 5 nitrogen and oxygen atoms in total. The van der Waals surface area contributed by atoms with Gasteiger partial charge in [-0.25, -0.2) is 14.8 Å². The Bertz CT molecular complexity index is 1100. The highest BCUT2D eigenvalue weighted by Gasteiger charge is 2.07. The fraction of sp³-hybridized carbons (Fsp3) is 0.105. The van der Waals surface area contributed by atoms with Crippen LogP contribution in [0.25, 0.3) is 22.0 Å². The van der Waals surface area contributed by atoms with Gasteiger partial charge in [0, 0.05) is 17.5 Å². The molecule has 5 heteroatoms. The summed E-state index contributed by atoms with van der Waals surface area (Å²) in [6, 6.07) is 16.3. The molecule has 0 amide bonds. The van der Waals surface area contributed by atoms with E-state index in [1.165, 1.54) is 6.07 Å². The largest absolute Gasteiger partial charge is 0.487 e. The monoisotopic (exact) mass is 318 g/mol. The van der Waals surface area contributed by atoms with Crippen molar-refractivity contribution in [2.45, 2.75) is 13.5 Å². The van der Waals surface area contributed by atoms with E-state index in [9.17, 15) is 4.79 Å². The summed E-state index contributed by atoms with van der Waals surface area (Å²) in [5, 5.41) is 0.851. The smallest absolute Gasteiger partial charge is 0.336 e. The number of fused-ring (bicyclic) bond motifs is 2. The van der Waals surface area contributed by atoms with Crippen molar-refractivity contribution in [1.82, 2.24) is 9.97 Å². The number of aryl methyl sites for hydroxylation is 1. The number of benzene rings is 2. The van der Waals surface area contributed by atoms with Gasteiger partial charge in [-0.3, -0.25) is 0 Å². The molecule has 4 rings (SSSR count). The SMILES string of the molecule is Cc1nc2ccccc2nc1COc1ccc2ccc(=O)oc2c1. The van der Waals surface area contributed by atoms with Gasteiger partial charge in [0.05, 0.1) is 22.4 Å². The Kier molecular flexibility index (Phi) is 3.46. The quantitative estimate of drug-likeness (QED) is 0.540. The van der Waals surface area contributed by atoms with Crippen LogP contribution in [0.1, 0.15) is 11.4 Å². The molecule has 0 atom stereocenters. The second-order valence-corrected chi connectivity index (χ2v) is 5.49. The van der Waals surface area contributed by atoms with Crippen LogP contribution in [0.4, 0.5) is 0 Å². The van der Waals surface area contributed by atoms with Gasteiger partial charge in [-0.1, -0.05) is 12.1 Å². The minimum atomic E-state index is -0.379. The summed E-state index contributed by atoms with van der Waals surface area (Å²) >= 11 is 0. The molecule has 2 aromatic heterocycles. The molecule has 24 heavy (non-hydrogen) atoms. The molecule has 0 unspecified atom stereocenters. The number of ether oxygens (including phenoxy) is 1.